The number of halogens is 1. The van der Waals surface area contributed by atoms with Gasteiger partial charge in [-0.1, -0.05) is 5.92 Å². The molecule has 9 nitrogen and oxygen atoms in total. The number of aromatic nitrogens is 4. The van der Waals surface area contributed by atoms with Crippen LogP contribution in [0.3, 0.4) is 0 Å². The molecular weight excluding hydrogens is 493 g/mol. The molecule has 4 aromatic rings. The van der Waals surface area contributed by atoms with Crippen LogP contribution in [0.2, 0.25) is 0 Å². The van der Waals surface area contributed by atoms with Gasteiger partial charge in [0.15, 0.2) is 0 Å². The average Bonchev–Trinajstić information content (AvgIpc) is 3.40. The summed E-state index contributed by atoms with van der Waals surface area (Å²) in [5.41, 5.74) is 10.9. The SMILES string of the molecule is CN=CC(=CN)c1cc(-c2ccc(N3CCN(CC#Cc4ccc(F)cn4)CC3)nc2)c2c(C#N)cnn2c1. The molecular formula is C29H26FN9. The number of nitriles is 1. The van der Waals surface area contributed by atoms with Crippen LogP contribution in [-0.2, 0) is 0 Å². The van der Waals surface area contributed by atoms with Crippen molar-refractivity contribution in [2.24, 2.45) is 10.7 Å². The first-order valence-electron chi connectivity index (χ1n) is 12.4. The van der Waals surface area contributed by atoms with Gasteiger partial charge >= 0.3 is 0 Å². The number of nitrogens with zero attached hydrogens (tertiary/aromatic N) is 8. The maximum absolute atomic E-state index is 13.0. The zero-order chi connectivity index (χ0) is 27.2. The number of fused-ring (bicyclic) bond motifs is 1. The molecule has 5 heterocycles. The molecule has 0 bridgehead atoms. The first-order valence-corrected chi connectivity index (χ1v) is 12.4. The highest BCUT2D eigenvalue weighted by Gasteiger charge is 2.19. The molecule has 0 aromatic carbocycles. The molecule has 0 atom stereocenters. The molecule has 0 radical (unpaired) electrons. The normalized spacial score (nSPS) is 14.4. The van der Waals surface area contributed by atoms with Gasteiger partial charge in [-0.3, -0.25) is 9.89 Å². The minimum absolute atomic E-state index is 0.367. The maximum atomic E-state index is 13.0. The average molecular weight is 520 g/mol. The highest BCUT2D eigenvalue weighted by atomic mass is 19.1. The van der Waals surface area contributed by atoms with E-state index in [4.69, 9.17) is 10.7 Å². The summed E-state index contributed by atoms with van der Waals surface area (Å²) in [5.74, 6) is 6.63. The van der Waals surface area contributed by atoms with Gasteiger partial charge in [-0.2, -0.15) is 10.4 Å². The summed E-state index contributed by atoms with van der Waals surface area (Å²) in [7, 11) is 1.69. The van der Waals surface area contributed by atoms with E-state index in [1.165, 1.54) is 18.5 Å². The van der Waals surface area contributed by atoms with E-state index in [0.29, 0.717) is 23.3 Å². The van der Waals surface area contributed by atoms with Crippen molar-refractivity contribution in [2.75, 3.05) is 44.7 Å². The molecule has 0 saturated carbocycles. The third-order valence-corrected chi connectivity index (χ3v) is 6.51. The van der Waals surface area contributed by atoms with Crippen molar-refractivity contribution >= 4 is 23.1 Å². The first-order chi connectivity index (χ1) is 19.1. The van der Waals surface area contributed by atoms with E-state index in [9.17, 15) is 9.65 Å². The van der Waals surface area contributed by atoms with Gasteiger partial charge in [0.05, 0.1) is 30.0 Å². The van der Waals surface area contributed by atoms with Crippen molar-refractivity contribution < 1.29 is 4.39 Å². The van der Waals surface area contributed by atoms with Gasteiger partial charge in [0.2, 0.25) is 0 Å². The molecule has 1 aliphatic rings. The minimum Gasteiger partial charge on any atom is -0.404 e. The zero-order valence-corrected chi connectivity index (χ0v) is 21.4. The summed E-state index contributed by atoms with van der Waals surface area (Å²) in [6.07, 6.45) is 9.58. The number of rotatable bonds is 5. The molecule has 0 amide bonds. The van der Waals surface area contributed by atoms with Crippen molar-refractivity contribution in [3.05, 3.63) is 84.0 Å². The number of allylic oxidation sites excluding steroid dienone is 1. The molecule has 10 heteroatoms. The molecule has 2 N–H and O–H groups in total. The van der Waals surface area contributed by atoms with Crippen LogP contribution in [0.1, 0.15) is 16.8 Å². The Bertz CT molecular complexity index is 1630. The fourth-order valence-corrected chi connectivity index (χ4v) is 4.49. The number of nitrogens with two attached hydrogens (primary N) is 1. The van der Waals surface area contributed by atoms with Crippen molar-refractivity contribution in [1.29, 1.82) is 5.26 Å². The van der Waals surface area contributed by atoms with E-state index in [0.717, 1.165) is 54.3 Å². The van der Waals surface area contributed by atoms with Gasteiger partial charge in [0, 0.05) is 80.3 Å². The fraction of sp³-hybridized carbons (Fsp3) is 0.207. The van der Waals surface area contributed by atoms with E-state index in [2.05, 4.69) is 42.8 Å². The van der Waals surface area contributed by atoms with Gasteiger partial charge in [-0.15, -0.1) is 0 Å². The molecule has 1 fully saturated rings. The number of anilines is 1. The molecule has 39 heavy (non-hydrogen) atoms. The van der Waals surface area contributed by atoms with Gasteiger partial charge < -0.3 is 10.6 Å². The second-order valence-corrected chi connectivity index (χ2v) is 8.95. The zero-order valence-electron chi connectivity index (χ0n) is 21.4. The quantitative estimate of drug-likeness (QED) is 0.319. The van der Waals surface area contributed by atoms with Crippen LogP contribution in [0, 0.1) is 29.0 Å². The predicted molar refractivity (Wildman–Crippen MR) is 149 cm³/mol. The summed E-state index contributed by atoms with van der Waals surface area (Å²) in [4.78, 5) is 17.3. The lowest BCUT2D eigenvalue weighted by Gasteiger charge is -2.34. The van der Waals surface area contributed by atoms with Gasteiger partial charge in [0.1, 0.15) is 23.4 Å². The second kappa shape index (κ2) is 11.5. The lowest BCUT2D eigenvalue weighted by Crippen LogP contribution is -2.46. The van der Waals surface area contributed by atoms with Crippen LogP contribution in [0.5, 0.6) is 0 Å². The topological polar surface area (TPSA) is 112 Å². The Labute approximate surface area is 225 Å². The van der Waals surface area contributed by atoms with E-state index >= 15 is 0 Å². The molecule has 4 aromatic heterocycles. The molecule has 0 unspecified atom stereocenters. The van der Waals surface area contributed by atoms with Crippen LogP contribution in [0.25, 0.3) is 22.2 Å². The molecule has 0 spiro atoms. The number of hydrogen-bond donors (Lipinski definition) is 1. The van der Waals surface area contributed by atoms with Crippen molar-refractivity contribution in [3.63, 3.8) is 0 Å². The molecule has 1 aliphatic heterocycles. The molecule has 1 saturated heterocycles. The fourth-order valence-electron chi connectivity index (χ4n) is 4.49. The summed E-state index contributed by atoms with van der Waals surface area (Å²) < 4.78 is 14.7. The third-order valence-electron chi connectivity index (χ3n) is 6.51. The summed E-state index contributed by atoms with van der Waals surface area (Å²) in [6.45, 7) is 3.98. The highest BCUT2D eigenvalue weighted by Crippen LogP contribution is 2.30. The number of pyridine rings is 3. The number of hydrogen-bond acceptors (Lipinski definition) is 8. The Kier molecular flexibility index (Phi) is 7.58. The van der Waals surface area contributed by atoms with Gasteiger partial charge in [-0.05, 0) is 36.3 Å². The summed E-state index contributed by atoms with van der Waals surface area (Å²) in [5, 5.41) is 14.0. The monoisotopic (exact) mass is 519 g/mol. The Balaban J connectivity index is 1.31. The Morgan fingerprint density at radius 1 is 1.13 bits per heavy atom. The number of aliphatic imine (C=N–C) groups is 1. The third kappa shape index (κ3) is 5.61. The number of piperazine rings is 1. The highest BCUT2D eigenvalue weighted by molar-refractivity contribution is 6.10. The van der Waals surface area contributed by atoms with Gasteiger partial charge in [0.25, 0.3) is 0 Å². The minimum atomic E-state index is -0.367. The smallest absolute Gasteiger partial charge is 0.141 e. The van der Waals surface area contributed by atoms with Crippen molar-refractivity contribution in [1.82, 2.24) is 24.5 Å². The van der Waals surface area contributed by atoms with E-state index in [1.807, 2.05) is 30.6 Å². The van der Waals surface area contributed by atoms with Crippen LogP contribution < -0.4 is 10.6 Å². The van der Waals surface area contributed by atoms with E-state index in [-0.39, 0.29) is 5.82 Å². The largest absolute Gasteiger partial charge is 0.404 e. The lowest BCUT2D eigenvalue weighted by molar-refractivity contribution is 0.287. The van der Waals surface area contributed by atoms with Crippen molar-refractivity contribution in [3.8, 4) is 29.0 Å². The standard InChI is InChI=1S/C29H26FN9/c1-33-16-23(14-31)22-13-27(29-24(15-32)18-36-39(29)20-22)21-4-7-28(35-17-21)38-11-9-37(10-12-38)8-2-3-26-6-5-25(30)19-34-26/h4-7,13-14,16-20H,8-12,31H2,1H3. The molecule has 5 rings (SSSR count). The van der Waals surface area contributed by atoms with Crippen LogP contribution >= 0.6 is 0 Å². The Morgan fingerprint density at radius 3 is 2.64 bits per heavy atom. The van der Waals surface area contributed by atoms with Crippen LogP contribution in [0.4, 0.5) is 10.2 Å². The van der Waals surface area contributed by atoms with Crippen LogP contribution in [0.15, 0.2) is 66.3 Å². The predicted octanol–water partition coefficient (Wildman–Crippen LogP) is 2.98. The van der Waals surface area contributed by atoms with Crippen molar-refractivity contribution in [2.45, 2.75) is 0 Å². The van der Waals surface area contributed by atoms with E-state index in [1.54, 1.807) is 30.0 Å². The summed E-state index contributed by atoms with van der Waals surface area (Å²) >= 11 is 0. The first kappa shape index (κ1) is 25.6. The van der Waals surface area contributed by atoms with Crippen LogP contribution in [-0.4, -0.2) is 70.5 Å². The van der Waals surface area contributed by atoms with E-state index < -0.39 is 0 Å². The summed E-state index contributed by atoms with van der Waals surface area (Å²) in [6, 6.07) is 11.2. The Morgan fingerprint density at radius 2 is 1.97 bits per heavy atom. The van der Waals surface area contributed by atoms with Gasteiger partial charge in [-0.25, -0.2) is 18.9 Å². The molecule has 0 aliphatic carbocycles. The lowest BCUT2D eigenvalue weighted by atomic mass is 10.0. The molecule has 194 valence electrons. The maximum Gasteiger partial charge on any atom is 0.141 e. The second-order valence-electron chi connectivity index (χ2n) is 8.95. The Hall–Kier alpha value is -5.06.